The van der Waals surface area contributed by atoms with Gasteiger partial charge in [-0.25, -0.2) is 0 Å². The highest BCUT2D eigenvalue weighted by Gasteiger charge is 2.34. The fourth-order valence-corrected chi connectivity index (χ4v) is 4.34. The zero-order chi connectivity index (χ0) is 16.2. The molecule has 0 N–H and O–H groups in total. The third-order valence-corrected chi connectivity index (χ3v) is 5.48. The van der Waals surface area contributed by atoms with Crippen LogP contribution in [0.25, 0.3) is 0 Å². The average Bonchev–Trinajstić information content (AvgIpc) is 3.10. The minimum Gasteiger partial charge on any atom is -0.381 e. The average molecular weight is 336 g/mol. The molecule has 0 bridgehead atoms. The van der Waals surface area contributed by atoms with Gasteiger partial charge in [0.15, 0.2) is 0 Å². The zero-order valence-electron chi connectivity index (χ0n) is 13.6. The van der Waals surface area contributed by atoms with Gasteiger partial charge in [0, 0.05) is 50.7 Å². The van der Waals surface area contributed by atoms with E-state index in [1.165, 1.54) is 0 Å². The fraction of sp³-hybridized carbons (Fsp3) is 0.647. The first-order chi connectivity index (χ1) is 11.2. The molecule has 0 saturated carbocycles. The molecular weight excluding hydrogens is 312 g/mol. The minimum absolute atomic E-state index is 0.0893. The maximum atomic E-state index is 12.6. The van der Waals surface area contributed by atoms with E-state index in [-0.39, 0.29) is 23.9 Å². The van der Waals surface area contributed by atoms with Crippen LogP contribution < -0.4 is 0 Å². The first-order valence-corrected chi connectivity index (χ1v) is 9.29. The molecule has 2 amide bonds. The van der Waals surface area contributed by atoms with E-state index in [0.717, 1.165) is 51.0 Å². The Morgan fingerprint density at radius 3 is 2.70 bits per heavy atom. The van der Waals surface area contributed by atoms with Crippen LogP contribution >= 0.6 is 11.3 Å². The molecule has 2 saturated heterocycles. The van der Waals surface area contributed by atoms with Gasteiger partial charge in [-0.2, -0.15) is 11.3 Å². The van der Waals surface area contributed by atoms with Gasteiger partial charge in [-0.15, -0.1) is 0 Å². The lowest BCUT2D eigenvalue weighted by Gasteiger charge is -2.43. The highest BCUT2D eigenvalue weighted by atomic mass is 32.1. The van der Waals surface area contributed by atoms with Crippen LogP contribution in [0.1, 0.15) is 43.0 Å². The summed E-state index contributed by atoms with van der Waals surface area (Å²) in [5.41, 5.74) is 0.760. The Balaban J connectivity index is 1.70. The predicted molar refractivity (Wildman–Crippen MR) is 89.6 cm³/mol. The van der Waals surface area contributed by atoms with E-state index >= 15 is 0 Å². The molecule has 23 heavy (non-hydrogen) atoms. The molecule has 3 heterocycles. The van der Waals surface area contributed by atoms with E-state index in [2.05, 4.69) is 0 Å². The van der Waals surface area contributed by atoms with Crippen LogP contribution in [0.2, 0.25) is 0 Å². The monoisotopic (exact) mass is 336 g/mol. The first kappa shape index (κ1) is 16.5. The molecule has 1 aromatic heterocycles. The van der Waals surface area contributed by atoms with Gasteiger partial charge in [-0.3, -0.25) is 9.59 Å². The smallest absolute Gasteiger partial charge is 0.254 e. The van der Waals surface area contributed by atoms with E-state index in [0.29, 0.717) is 6.54 Å². The minimum atomic E-state index is 0.0893. The van der Waals surface area contributed by atoms with Crippen LogP contribution in [-0.2, 0) is 9.53 Å². The predicted octanol–water partition coefficient (Wildman–Crippen LogP) is 2.38. The lowest BCUT2D eigenvalue weighted by atomic mass is 9.98. The molecule has 1 unspecified atom stereocenters. The maximum absolute atomic E-state index is 12.6. The molecule has 0 radical (unpaired) electrons. The summed E-state index contributed by atoms with van der Waals surface area (Å²) in [5, 5.41) is 3.83. The van der Waals surface area contributed by atoms with Crippen LogP contribution in [0.4, 0.5) is 0 Å². The number of nitrogens with zero attached hydrogens (tertiary/aromatic N) is 2. The summed E-state index contributed by atoms with van der Waals surface area (Å²) in [6, 6.07) is 2.26. The Labute approximate surface area is 141 Å². The molecule has 0 spiro atoms. The molecule has 0 aromatic carbocycles. The number of ether oxygens (including phenoxy) is 1. The third kappa shape index (κ3) is 3.75. The molecule has 2 fully saturated rings. The molecular formula is C17H24N2O3S. The molecule has 1 atom stereocenters. The summed E-state index contributed by atoms with van der Waals surface area (Å²) in [7, 11) is 0. The summed E-state index contributed by atoms with van der Waals surface area (Å²) >= 11 is 1.54. The van der Waals surface area contributed by atoms with Crippen LogP contribution in [0.15, 0.2) is 16.8 Å². The van der Waals surface area contributed by atoms with Crippen LogP contribution in [0.5, 0.6) is 0 Å². The third-order valence-electron chi connectivity index (χ3n) is 4.79. The van der Waals surface area contributed by atoms with E-state index in [9.17, 15) is 9.59 Å². The van der Waals surface area contributed by atoms with Crippen molar-refractivity contribution in [2.45, 2.75) is 44.7 Å². The number of amides is 2. The Hall–Kier alpha value is -1.40. The highest BCUT2D eigenvalue weighted by Crippen LogP contribution is 2.24. The number of carbonyl (C=O) groups excluding carboxylic acids is 2. The fourth-order valence-electron chi connectivity index (χ4n) is 3.71. The lowest BCUT2D eigenvalue weighted by molar-refractivity contribution is -0.137. The van der Waals surface area contributed by atoms with Crippen molar-refractivity contribution < 1.29 is 14.3 Å². The van der Waals surface area contributed by atoms with Crippen molar-refractivity contribution in [3.05, 3.63) is 22.4 Å². The molecule has 3 rings (SSSR count). The van der Waals surface area contributed by atoms with Gasteiger partial charge in [-0.1, -0.05) is 0 Å². The van der Waals surface area contributed by atoms with Crippen molar-refractivity contribution in [2.75, 3.05) is 26.3 Å². The van der Waals surface area contributed by atoms with Gasteiger partial charge >= 0.3 is 0 Å². The van der Waals surface area contributed by atoms with Crippen LogP contribution in [-0.4, -0.2) is 60.0 Å². The van der Waals surface area contributed by atoms with E-state index < -0.39 is 0 Å². The Kier molecular flexibility index (Phi) is 5.33. The number of carbonyl (C=O) groups is 2. The number of hydrogen-bond acceptors (Lipinski definition) is 4. The molecule has 6 heteroatoms. The second-order valence-corrected chi connectivity index (χ2v) is 7.11. The second kappa shape index (κ2) is 7.45. The number of likely N-dealkylation sites (tertiary alicyclic amines) is 1. The Morgan fingerprint density at radius 1 is 1.26 bits per heavy atom. The standard InChI is InChI=1S/C17H24N2O3S/c1-13(20)19(15-4-8-22-9-5-15)16-3-2-7-18(11-16)17(21)14-6-10-23-12-14/h6,10,12,15-16H,2-5,7-9,11H2,1H3. The lowest BCUT2D eigenvalue weighted by Crippen LogP contribution is -2.55. The Bertz CT molecular complexity index is 540. The van der Waals surface area contributed by atoms with Gasteiger partial charge in [0.05, 0.1) is 5.56 Å². The number of piperidine rings is 1. The van der Waals surface area contributed by atoms with Gasteiger partial charge in [-0.05, 0) is 37.1 Å². The highest BCUT2D eigenvalue weighted by molar-refractivity contribution is 7.08. The SMILES string of the molecule is CC(=O)N(C1CCOCC1)C1CCCN(C(=O)c2ccsc2)C1. The van der Waals surface area contributed by atoms with Crippen molar-refractivity contribution in [3.63, 3.8) is 0 Å². The summed E-state index contributed by atoms with van der Waals surface area (Å²) in [6.07, 6.45) is 3.72. The zero-order valence-corrected chi connectivity index (χ0v) is 14.4. The van der Waals surface area contributed by atoms with Crippen molar-refractivity contribution in [2.24, 2.45) is 0 Å². The maximum Gasteiger partial charge on any atom is 0.254 e. The van der Waals surface area contributed by atoms with Crippen LogP contribution in [0.3, 0.4) is 0 Å². The number of rotatable bonds is 3. The Morgan fingerprint density at radius 2 is 2.04 bits per heavy atom. The largest absolute Gasteiger partial charge is 0.381 e. The van der Waals surface area contributed by atoms with E-state index in [4.69, 9.17) is 4.74 Å². The van der Waals surface area contributed by atoms with Crippen molar-refractivity contribution in [3.8, 4) is 0 Å². The van der Waals surface area contributed by atoms with Gasteiger partial charge in [0.1, 0.15) is 0 Å². The van der Waals surface area contributed by atoms with Crippen molar-refractivity contribution >= 4 is 23.2 Å². The van der Waals surface area contributed by atoms with Gasteiger partial charge in [0.25, 0.3) is 5.91 Å². The van der Waals surface area contributed by atoms with Crippen molar-refractivity contribution in [1.29, 1.82) is 0 Å². The second-order valence-electron chi connectivity index (χ2n) is 6.33. The van der Waals surface area contributed by atoms with E-state index in [1.54, 1.807) is 18.3 Å². The van der Waals surface area contributed by atoms with Crippen LogP contribution in [0, 0.1) is 0 Å². The first-order valence-electron chi connectivity index (χ1n) is 8.35. The van der Waals surface area contributed by atoms with Gasteiger partial charge < -0.3 is 14.5 Å². The van der Waals surface area contributed by atoms with E-state index in [1.807, 2.05) is 26.6 Å². The number of hydrogen-bond donors (Lipinski definition) is 0. The van der Waals surface area contributed by atoms with Crippen molar-refractivity contribution in [1.82, 2.24) is 9.80 Å². The molecule has 2 aliphatic rings. The molecule has 1 aromatic rings. The topological polar surface area (TPSA) is 49.9 Å². The summed E-state index contributed by atoms with van der Waals surface area (Å²) in [6.45, 7) is 4.52. The summed E-state index contributed by atoms with van der Waals surface area (Å²) in [5.74, 6) is 0.207. The quantitative estimate of drug-likeness (QED) is 0.851. The molecule has 5 nitrogen and oxygen atoms in total. The normalized spacial score (nSPS) is 22.8. The molecule has 0 aliphatic carbocycles. The molecule has 126 valence electrons. The summed E-state index contributed by atoms with van der Waals surface area (Å²) in [4.78, 5) is 28.7. The molecule has 2 aliphatic heterocycles. The summed E-state index contributed by atoms with van der Waals surface area (Å²) < 4.78 is 5.42. The van der Waals surface area contributed by atoms with Gasteiger partial charge in [0.2, 0.25) is 5.91 Å². The number of thiophene rings is 1.